The number of hydrogen-bond acceptors (Lipinski definition) is 2. The van der Waals surface area contributed by atoms with Crippen LogP contribution < -0.4 is 15.4 Å². The molecule has 0 aromatic heterocycles. The summed E-state index contributed by atoms with van der Waals surface area (Å²) in [7, 11) is 0. The van der Waals surface area contributed by atoms with Crippen LogP contribution in [-0.2, 0) is 0 Å². The second-order valence-corrected chi connectivity index (χ2v) is 4.61. The minimum atomic E-state index is -0.173. The van der Waals surface area contributed by atoms with Crippen LogP contribution in [0.3, 0.4) is 0 Å². The first-order valence-electron chi connectivity index (χ1n) is 6.39. The van der Waals surface area contributed by atoms with Gasteiger partial charge in [-0.05, 0) is 36.6 Å². The number of carbonyl (C=O) groups excluding carboxylic acids is 1. The Hall–Kier alpha value is -1.71. The van der Waals surface area contributed by atoms with Crippen molar-refractivity contribution in [3.8, 4) is 5.75 Å². The minimum Gasteiger partial charge on any atom is -0.493 e. The zero-order chi connectivity index (χ0) is 13.4. The summed E-state index contributed by atoms with van der Waals surface area (Å²) in [4.78, 5) is 11.4. The van der Waals surface area contributed by atoms with E-state index >= 15 is 0 Å². The molecule has 0 aliphatic rings. The van der Waals surface area contributed by atoms with Crippen LogP contribution in [-0.4, -0.2) is 19.2 Å². The van der Waals surface area contributed by atoms with Gasteiger partial charge < -0.3 is 15.4 Å². The van der Waals surface area contributed by atoms with Crippen molar-refractivity contribution in [1.82, 2.24) is 5.32 Å². The fourth-order valence-corrected chi connectivity index (χ4v) is 1.31. The van der Waals surface area contributed by atoms with Crippen LogP contribution in [0.4, 0.5) is 10.5 Å². The molecule has 4 heteroatoms. The minimum absolute atomic E-state index is 0.173. The average molecular weight is 250 g/mol. The Labute approximate surface area is 109 Å². The molecule has 0 aliphatic heterocycles. The van der Waals surface area contributed by atoms with Crippen molar-refractivity contribution in [1.29, 1.82) is 0 Å². The predicted octanol–water partition coefficient (Wildman–Crippen LogP) is 3.25. The molecule has 2 N–H and O–H groups in total. The third-order valence-corrected chi connectivity index (χ3v) is 2.23. The molecule has 0 saturated heterocycles. The molecule has 0 radical (unpaired) electrons. The van der Waals surface area contributed by atoms with Gasteiger partial charge in [-0.3, -0.25) is 0 Å². The summed E-state index contributed by atoms with van der Waals surface area (Å²) in [5.41, 5.74) is 0.764. The maximum Gasteiger partial charge on any atom is 0.319 e. The molecule has 1 aromatic rings. The lowest BCUT2D eigenvalue weighted by molar-refractivity contribution is 0.252. The lowest BCUT2D eigenvalue weighted by atomic mass is 10.2. The maximum absolute atomic E-state index is 11.4. The number of ether oxygens (including phenoxy) is 1. The smallest absolute Gasteiger partial charge is 0.319 e. The second-order valence-electron chi connectivity index (χ2n) is 4.61. The lowest BCUT2D eigenvalue weighted by Gasteiger charge is -2.10. The molecular formula is C14H22N2O2. The Morgan fingerprint density at radius 3 is 2.50 bits per heavy atom. The van der Waals surface area contributed by atoms with Crippen molar-refractivity contribution in [3.63, 3.8) is 0 Å². The normalized spacial score (nSPS) is 10.2. The molecule has 1 rings (SSSR count). The summed E-state index contributed by atoms with van der Waals surface area (Å²) in [6, 6.07) is 7.21. The molecule has 0 atom stereocenters. The molecule has 0 bridgehead atoms. The van der Waals surface area contributed by atoms with Crippen LogP contribution in [0.2, 0.25) is 0 Å². The first-order valence-corrected chi connectivity index (χ1v) is 6.39. The van der Waals surface area contributed by atoms with Crippen LogP contribution >= 0.6 is 0 Å². The number of nitrogens with one attached hydrogen (secondary N) is 2. The molecule has 0 fully saturated rings. The monoisotopic (exact) mass is 250 g/mol. The number of urea groups is 1. The summed E-state index contributed by atoms with van der Waals surface area (Å²) in [5.74, 6) is 1.32. The van der Waals surface area contributed by atoms with Crippen molar-refractivity contribution >= 4 is 11.7 Å². The zero-order valence-electron chi connectivity index (χ0n) is 11.3. The van der Waals surface area contributed by atoms with E-state index in [9.17, 15) is 4.79 Å². The standard InChI is InChI=1S/C14H22N2O2/c1-4-9-15-14(17)16-12-5-7-13(8-6-12)18-10-11(2)3/h5-8,11H,4,9-10H2,1-3H3,(H2,15,16,17). The molecule has 4 nitrogen and oxygen atoms in total. The van der Waals surface area contributed by atoms with Crippen molar-refractivity contribution in [2.75, 3.05) is 18.5 Å². The van der Waals surface area contributed by atoms with E-state index in [4.69, 9.17) is 4.74 Å². The van der Waals surface area contributed by atoms with E-state index in [1.54, 1.807) is 0 Å². The van der Waals surface area contributed by atoms with E-state index in [1.165, 1.54) is 0 Å². The number of rotatable bonds is 6. The van der Waals surface area contributed by atoms with Gasteiger partial charge in [-0.2, -0.15) is 0 Å². The molecule has 0 saturated carbocycles. The Balaban J connectivity index is 2.42. The highest BCUT2D eigenvalue weighted by Crippen LogP contribution is 2.16. The number of hydrogen-bond donors (Lipinski definition) is 2. The van der Waals surface area contributed by atoms with E-state index in [-0.39, 0.29) is 6.03 Å². The van der Waals surface area contributed by atoms with Gasteiger partial charge in [-0.1, -0.05) is 20.8 Å². The molecule has 0 aliphatic carbocycles. The summed E-state index contributed by atoms with van der Waals surface area (Å²) >= 11 is 0. The lowest BCUT2D eigenvalue weighted by Crippen LogP contribution is -2.29. The van der Waals surface area contributed by atoms with Gasteiger partial charge in [0.15, 0.2) is 0 Å². The van der Waals surface area contributed by atoms with Gasteiger partial charge in [-0.25, -0.2) is 4.79 Å². The highest BCUT2D eigenvalue weighted by molar-refractivity contribution is 5.89. The molecular weight excluding hydrogens is 228 g/mol. The number of carbonyl (C=O) groups is 1. The number of amides is 2. The molecule has 0 spiro atoms. The highest BCUT2D eigenvalue weighted by Gasteiger charge is 2.01. The Kier molecular flexibility index (Phi) is 6.05. The van der Waals surface area contributed by atoms with Crippen molar-refractivity contribution in [2.45, 2.75) is 27.2 Å². The molecule has 0 heterocycles. The highest BCUT2D eigenvalue weighted by atomic mass is 16.5. The molecule has 1 aromatic carbocycles. The van der Waals surface area contributed by atoms with Crippen LogP contribution in [0.5, 0.6) is 5.75 Å². The van der Waals surface area contributed by atoms with E-state index in [1.807, 2.05) is 31.2 Å². The van der Waals surface area contributed by atoms with E-state index in [2.05, 4.69) is 24.5 Å². The van der Waals surface area contributed by atoms with E-state index in [0.717, 1.165) is 17.9 Å². The molecule has 100 valence electrons. The van der Waals surface area contributed by atoms with Crippen LogP contribution in [0.25, 0.3) is 0 Å². The van der Waals surface area contributed by atoms with Gasteiger partial charge in [0, 0.05) is 12.2 Å². The number of benzene rings is 1. The third-order valence-electron chi connectivity index (χ3n) is 2.23. The number of anilines is 1. The maximum atomic E-state index is 11.4. The van der Waals surface area contributed by atoms with Crippen LogP contribution in [0, 0.1) is 5.92 Å². The topological polar surface area (TPSA) is 50.4 Å². The molecule has 2 amide bonds. The van der Waals surface area contributed by atoms with Crippen LogP contribution in [0.1, 0.15) is 27.2 Å². The Morgan fingerprint density at radius 2 is 1.94 bits per heavy atom. The Morgan fingerprint density at radius 1 is 1.28 bits per heavy atom. The third kappa shape index (κ3) is 5.57. The summed E-state index contributed by atoms with van der Waals surface area (Å²) < 4.78 is 5.56. The average Bonchev–Trinajstić information content (AvgIpc) is 2.35. The van der Waals surface area contributed by atoms with Gasteiger partial charge in [0.05, 0.1) is 6.61 Å². The zero-order valence-corrected chi connectivity index (χ0v) is 11.3. The second kappa shape index (κ2) is 7.58. The SMILES string of the molecule is CCCNC(=O)Nc1ccc(OCC(C)C)cc1. The van der Waals surface area contributed by atoms with Crippen molar-refractivity contribution in [2.24, 2.45) is 5.92 Å². The van der Waals surface area contributed by atoms with Gasteiger partial charge in [-0.15, -0.1) is 0 Å². The fraction of sp³-hybridized carbons (Fsp3) is 0.500. The van der Waals surface area contributed by atoms with Gasteiger partial charge in [0.1, 0.15) is 5.75 Å². The van der Waals surface area contributed by atoms with E-state index < -0.39 is 0 Å². The quantitative estimate of drug-likeness (QED) is 0.814. The first-order chi connectivity index (χ1) is 8.61. The van der Waals surface area contributed by atoms with Gasteiger partial charge in [0.2, 0.25) is 0 Å². The summed E-state index contributed by atoms with van der Waals surface area (Å²) in [6.07, 6.45) is 0.926. The van der Waals surface area contributed by atoms with Gasteiger partial charge >= 0.3 is 6.03 Å². The Bertz CT molecular complexity index is 361. The summed E-state index contributed by atoms with van der Waals surface area (Å²) in [5, 5.41) is 5.52. The predicted molar refractivity (Wildman–Crippen MR) is 74.1 cm³/mol. The van der Waals surface area contributed by atoms with Crippen molar-refractivity contribution in [3.05, 3.63) is 24.3 Å². The van der Waals surface area contributed by atoms with Crippen molar-refractivity contribution < 1.29 is 9.53 Å². The van der Waals surface area contributed by atoms with Gasteiger partial charge in [0.25, 0.3) is 0 Å². The first kappa shape index (κ1) is 14.4. The largest absolute Gasteiger partial charge is 0.493 e. The molecule has 0 unspecified atom stereocenters. The summed E-state index contributed by atoms with van der Waals surface area (Å²) in [6.45, 7) is 7.61. The van der Waals surface area contributed by atoms with Crippen LogP contribution in [0.15, 0.2) is 24.3 Å². The fourth-order valence-electron chi connectivity index (χ4n) is 1.31. The molecule has 18 heavy (non-hydrogen) atoms. The van der Waals surface area contributed by atoms with E-state index in [0.29, 0.717) is 19.1 Å².